The van der Waals surface area contributed by atoms with Gasteiger partial charge >= 0.3 is 12.1 Å². The topological polar surface area (TPSA) is 124 Å². The molecule has 0 unspecified atom stereocenters. The summed E-state index contributed by atoms with van der Waals surface area (Å²) in [7, 11) is -4.51. The Bertz CT molecular complexity index is 2050. The van der Waals surface area contributed by atoms with Crippen molar-refractivity contribution >= 4 is 26.9 Å². The first kappa shape index (κ1) is 31.4. The van der Waals surface area contributed by atoms with Gasteiger partial charge in [0.1, 0.15) is 16.7 Å². The Morgan fingerprint density at radius 3 is 2.33 bits per heavy atom. The molecule has 2 heterocycles. The average Bonchev–Trinajstić information content (AvgIpc) is 3.50. The van der Waals surface area contributed by atoms with Crippen LogP contribution in [0.5, 0.6) is 0 Å². The molecule has 0 fully saturated rings. The maximum absolute atomic E-state index is 14.2. The standard InChI is InChI=1S/C33H26F3N3O5S/c1-32(2,31(40)41)25-6-3-5-23(17-25)22-10-8-21(9-11-22)19-39(20-26-13-15-29(44-26)33(34,35)36)45(42,43)30-24(18-37)12-14-28-27(30)7-4-16-38-28/h3-17H,19-20H2,1-2H3,(H,40,41). The smallest absolute Gasteiger partial charge is 0.449 e. The van der Waals surface area contributed by atoms with Crippen LogP contribution in [-0.2, 0) is 39.5 Å². The number of furan rings is 1. The molecule has 0 saturated carbocycles. The molecular formula is C33H26F3N3O5S. The number of aromatic nitrogens is 1. The minimum absolute atomic E-state index is 0.143. The fourth-order valence-corrected chi connectivity index (χ4v) is 6.57. The maximum atomic E-state index is 14.2. The largest absolute Gasteiger partial charge is 0.481 e. The molecule has 5 aromatic rings. The van der Waals surface area contributed by atoms with Crippen LogP contribution in [0.3, 0.4) is 0 Å². The number of rotatable bonds is 9. The minimum atomic E-state index is -4.76. The maximum Gasteiger partial charge on any atom is 0.449 e. The van der Waals surface area contributed by atoms with Crippen molar-refractivity contribution < 1.29 is 35.9 Å². The number of hydrogen-bond donors (Lipinski definition) is 1. The van der Waals surface area contributed by atoms with E-state index >= 15 is 0 Å². The van der Waals surface area contributed by atoms with Gasteiger partial charge in [-0.05, 0) is 72.5 Å². The minimum Gasteiger partial charge on any atom is -0.481 e. The summed E-state index contributed by atoms with van der Waals surface area (Å²) >= 11 is 0. The monoisotopic (exact) mass is 633 g/mol. The SMILES string of the molecule is CC(C)(C(=O)O)c1cccc(-c2ccc(CN(Cc3ccc(C(F)(F)F)o3)S(=O)(=O)c3c(C#N)ccc4ncccc34)cc2)c1. The molecule has 1 N–H and O–H groups in total. The Labute approximate surface area is 257 Å². The fraction of sp³-hybridized carbons (Fsp3) is 0.182. The molecular weight excluding hydrogens is 607 g/mol. The Morgan fingerprint density at radius 1 is 0.956 bits per heavy atom. The van der Waals surface area contributed by atoms with E-state index in [2.05, 4.69) is 4.98 Å². The summed E-state index contributed by atoms with van der Waals surface area (Å²) in [5.74, 6) is -2.48. The number of hydrogen-bond acceptors (Lipinski definition) is 6. The van der Waals surface area contributed by atoms with Crippen molar-refractivity contribution in [3.63, 3.8) is 0 Å². The van der Waals surface area contributed by atoms with E-state index in [1.165, 1.54) is 30.5 Å². The Kier molecular flexibility index (Phi) is 8.27. The van der Waals surface area contributed by atoms with Gasteiger partial charge in [0.15, 0.2) is 0 Å². The normalized spacial score (nSPS) is 12.4. The predicted octanol–water partition coefficient (Wildman–Crippen LogP) is 7.14. The first-order chi connectivity index (χ1) is 21.2. The summed E-state index contributed by atoms with van der Waals surface area (Å²) in [4.78, 5) is 15.6. The van der Waals surface area contributed by atoms with Gasteiger partial charge in [0, 0.05) is 18.1 Å². The zero-order valence-electron chi connectivity index (χ0n) is 24.0. The second-order valence-corrected chi connectivity index (χ2v) is 12.7. The van der Waals surface area contributed by atoms with Crippen LogP contribution in [0, 0.1) is 11.3 Å². The Morgan fingerprint density at radius 2 is 1.69 bits per heavy atom. The van der Waals surface area contributed by atoms with E-state index in [4.69, 9.17) is 4.42 Å². The number of carboxylic acids is 1. The lowest BCUT2D eigenvalue weighted by Gasteiger charge is -2.23. The molecule has 45 heavy (non-hydrogen) atoms. The molecule has 0 aliphatic heterocycles. The average molecular weight is 634 g/mol. The highest BCUT2D eigenvalue weighted by Gasteiger charge is 2.36. The third kappa shape index (κ3) is 6.31. The predicted molar refractivity (Wildman–Crippen MR) is 159 cm³/mol. The molecule has 0 aliphatic carbocycles. The van der Waals surface area contributed by atoms with Crippen LogP contribution in [0.4, 0.5) is 13.2 Å². The molecule has 0 bridgehead atoms. The number of halogens is 3. The lowest BCUT2D eigenvalue weighted by Crippen LogP contribution is -2.31. The lowest BCUT2D eigenvalue weighted by atomic mass is 9.83. The van der Waals surface area contributed by atoms with Crippen molar-refractivity contribution in [3.8, 4) is 17.2 Å². The van der Waals surface area contributed by atoms with Gasteiger partial charge in [0.05, 0.1) is 23.0 Å². The van der Waals surface area contributed by atoms with E-state index in [1.54, 1.807) is 56.3 Å². The van der Waals surface area contributed by atoms with E-state index in [0.29, 0.717) is 16.6 Å². The number of nitriles is 1. The van der Waals surface area contributed by atoms with Gasteiger partial charge in [0.25, 0.3) is 0 Å². The number of benzene rings is 3. The lowest BCUT2D eigenvalue weighted by molar-refractivity contribution is -0.153. The van der Waals surface area contributed by atoms with Gasteiger partial charge in [-0.25, -0.2) is 8.42 Å². The molecule has 5 rings (SSSR count). The second-order valence-electron chi connectivity index (χ2n) is 10.9. The fourth-order valence-electron chi connectivity index (χ4n) is 4.85. The van der Waals surface area contributed by atoms with Crippen LogP contribution in [-0.4, -0.2) is 28.8 Å². The molecule has 2 aromatic heterocycles. The van der Waals surface area contributed by atoms with Gasteiger partial charge in [-0.3, -0.25) is 9.78 Å². The molecule has 12 heteroatoms. The van der Waals surface area contributed by atoms with E-state index in [0.717, 1.165) is 27.6 Å². The molecule has 0 spiro atoms. The third-order valence-corrected chi connectivity index (χ3v) is 9.39. The van der Waals surface area contributed by atoms with E-state index in [9.17, 15) is 36.8 Å². The second kappa shape index (κ2) is 11.8. The van der Waals surface area contributed by atoms with Crippen molar-refractivity contribution in [2.75, 3.05) is 0 Å². The molecule has 230 valence electrons. The Hall–Kier alpha value is -4.99. The summed E-state index contributed by atoms with van der Waals surface area (Å²) in [6, 6.07) is 23.5. The zero-order valence-corrected chi connectivity index (χ0v) is 24.9. The van der Waals surface area contributed by atoms with Crippen molar-refractivity contribution in [2.24, 2.45) is 0 Å². The van der Waals surface area contributed by atoms with Gasteiger partial charge in [-0.15, -0.1) is 0 Å². The molecule has 0 radical (unpaired) electrons. The van der Waals surface area contributed by atoms with Crippen molar-refractivity contribution in [1.82, 2.24) is 9.29 Å². The van der Waals surface area contributed by atoms with Crippen LogP contribution < -0.4 is 0 Å². The quantitative estimate of drug-likeness (QED) is 0.183. The molecule has 0 amide bonds. The highest BCUT2D eigenvalue weighted by atomic mass is 32.2. The van der Waals surface area contributed by atoms with Crippen molar-refractivity contribution in [3.05, 3.63) is 119 Å². The number of carbonyl (C=O) groups is 1. The van der Waals surface area contributed by atoms with Crippen molar-refractivity contribution in [1.29, 1.82) is 5.26 Å². The summed E-state index contributed by atoms with van der Waals surface area (Å²) in [5.41, 5.74) is 1.65. The number of sulfonamides is 1. The van der Waals surface area contributed by atoms with Crippen LogP contribution in [0.1, 0.15) is 42.1 Å². The first-order valence-corrected chi connectivity index (χ1v) is 15.0. The number of carboxylic acid groups (broad SMARTS) is 1. The van der Waals surface area contributed by atoms with Gasteiger partial charge in [0.2, 0.25) is 15.8 Å². The molecule has 0 saturated heterocycles. The number of pyridine rings is 1. The Balaban J connectivity index is 1.54. The summed E-state index contributed by atoms with van der Waals surface area (Å²) in [5, 5.41) is 19.6. The van der Waals surface area contributed by atoms with Crippen LogP contribution in [0.25, 0.3) is 22.0 Å². The van der Waals surface area contributed by atoms with Gasteiger partial charge in [-0.2, -0.15) is 22.7 Å². The van der Waals surface area contributed by atoms with Crippen LogP contribution in [0.2, 0.25) is 0 Å². The van der Waals surface area contributed by atoms with Crippen LogP contribution in [0.15, 0.2) is 100 Å². The highest BCUT2D eigenvalue weighted by Crippen LogP contribution is 2.34. The first-order valence-electron chi connectivity index (χ1n) is 13.6. The third-order valence-electron chi connectivity index (χ3n) is 7.49. The molecule has 8 nitrogen and oxygen atoms in total. The number of aliphatic carboxylic acids is 1. The molecule has 0 aliphatic rings. The number of fused-ring (bicyclic) bond motifs is 1. The summed E-state index contributed by atoms with van der Waals surface area (Å²) < 4.78 is 74.2. The summed E-state index contributed by atoms with van der Waals surface area (Å²) in [6.07, 6.45) is -3.28. The van der Waals surface area contributed by atoms with E-state index < -0.39 is 39.9 Å². The molecule has 3 aromatic carbocycles. The molecule has 0 atom stereocenters. The van der Waals surface area contributed by atoms with E-state index in [-0.39, 0.29) is 28.2 Å². The number of nitrogens with zero attached hydrogens (tertiary/aromatic N) is 3. The van der Waals surface area contributed by atoms with Gasteiger partial charge < -0.3 is 9.52 Å². The number of alkyl halides is 3. The zero-order chi connectivity index (χ0) is 32.6. The van der Waals surface area contributed by atoms with Crippen molar-refractivity contribution in [2.45, 2.75) is 43.4 Å². The van der Waals surface area contributed by atoms with Crippen LogP contribution >= 0.6 is 0 Å². The highest BCUT2D eigenvalue weighted by molar-refractivity contribution is 7.89. The van der Waals surface area contributed by atoms with Gasteiger partial charge in [-0.1, -0.05) is 48.5 Å². The van der Waals surface area contributed by atoms with E-state index in [1.807, 2.05) is 12.1 Å². The summed E-state index contributed by atoms with van der Waals surface area (Å²) in [6.45, 7) is 2.40.